The van der Waals surface area contributed by atoms with Gasteiger partial charge in [0.25, 0.3) is 5.91 Å². The molecule has 1 heterocycles. The van der Waals surface area contributed by atoms with Gasteiger partial charge in [-0.05, 0) is 46.2 Å². The Balaban J connectivity index is 2.93. The minimum atomic E-state index is -0.233. The number of hydrogen-bond acceptors (Lipinski definition) is 2. The Morgan fingerprint density at radius 1 is 1.33 bits per heavy atom. The molecule has 0 saturated carbocycles. The third kappa shape index (κ3) is 6.04. The lowest BCUT2D eigenvalue weighted by Crippen LogP contribution is -2.42. The van der Waals surface area contributed by atoms with E-state index < -0.39 is 0 Å². The largest absolute Gasteiger partial charge is 0.336 e. The third-order valence-corrected chi connectivity index (χ3v) is 3.64. The van der Waals surface area contributed by atoms with Crippen molar-refractivity contribution in [1.82, 2.24) is 9.88 Å². The summed E-state index contributed by atoms with van der Waals surface area (Å²) in [5.74, 6) is 6.18. The third-order valence-electron chi connectivity index (χ3n) is 3.64. The highest BCUT2D eigenvalue weighted by molar-refractivity contribution is 5.92. The highest BCUT2D eigenvalue weighted by Crippen LogP contribution is 2.14. The number of nitrogens with zero attached hydrogens (tertiary/aromatic N) is 2. The standard InChI is InChI=1S/C21H28N2O/c1-7-9-11-17(10-8-2)12-13-18-14-15-19(22-16-18)20(24)23(6)21(3,4)5/h8,10-11,14-16H,7,9H2,1-6H3. The fourth-order valence-electron chi connectivity index (χ4n) is 1.86. The first-order valence-electron chi connectivity index (χ1n) is 8.38. The van der Waals surface area contributed by atoms with Crippen LogP contribution in [-0.2, 0) is 0 Å². The molecule has 0 aliphatic heterocycles. The Bertz CT molecular complexity index is 665. The molecule has 0 N–H and O–H groups in total. The molecule has 0 spiro atoms. The number of aromatic nitrogens is 1. The summed E-state index contributed by atoms with van der Waals surface area (Å²) in [6.07, 6.45) is 9.90. The topological polar surface area (TPSA) is 33.2 Å². The monoisotopic (exact) mass is 324 g/mol. The van der Waals surface area contributed by atoms with Gasteiger partial charge in [-0.3, -0.25) is 4.79 Å². The maximum absolute atomic E-state index is 12.4. The van der Waals surface area contributed by atoms with Crippen LogP contribution in [0.25, 0.3) is 0 Å². The molecular formula is C21H28N2O. The Kier molecular flexibility index (Phi) is 7.45. The van der Waals surface area contributed by atoms with Crippen molar-refractivity contribution in [3.05, 3.63) is 53.4 Å². The molecule has 3 heteroatoms. The van der Waals surface area contributed by atoms with Crippen molar-refractivity contribution in [2.45, 2.75) is 53.0 Å². The normalized spacial score (nSPS) is 12.0. The van der Waals surface area contributed by atoms with Crippen molar-refractivity contribution >= 4 is 5.91 Å². The van der Waals surface area contributed by atoms with Crippen molar-refractivity contribution in [2.24, 2.45) is 0 Å². The fourth-order valence-corrected chi connectivity index (χ4v) is 1.86. The number of rotatable bonds is 4. The second-order valence-electron chi connectivity index (χ2n) is 6.67. The summed E-state index contributed by atoms with van der Waals surface area (Å²) >= 11 is 0. The number of allylic oxidation sites excluding steroid dienone is 4. The van der Waals surface area contributed by atoms with Crippen molar-refractivity contribution in [3.63, 3.8) is 0 Å². The summed E-state index contributed by atoms with van der Waals surface area (Å²) in [6.45, 7) is 10.1. The number of carbonyl (C=O) groups is 1. The van der Waals surface area contributed by atoms with E-state index in [1.54, 1.807) is 24.2 Å². The van der Waals surface area contributed by atoms with Crippen LogP contribution in [0.1, 0.15) is 63.5 Å². The molecule has 1 aromatic rings. The van der Waals surface area contributed by atoms with Crippen LogP contribution in [-0.4, -0.2) is 28.4 Å². The highest BCUT2D eigenvalue weighted by Gasteiger charge is 2.23. The van der Waals surface area contributed by atoms with E-state index in [2.05, 4.69) is 29.8 Å². The Morgan fingerprint density at radius 2 is 2.04 bits per heavy atom. The molecule has 0 aromatic carbocycles. The molecule has 0 unspecified atom stereocenters. The Hall–Kier alpha value is -2.34. The summed E-state index contributed by atoms with van der Waals surface area (Å²) in [6, 6.07) is 3.58. The molecule has 0 saturated heterocycles. The summed E-state index contributed by atoms with van der Waals surface area (Å²) in [5, 5.41) is 0. The summed E-state index contributed by atoms with van der Waals surface area (Å²) in [5.41, 5.74) is 2.01. The molecule has 0 fully saturated rings. The number of hydrogen-bond donors (Lipinski definition) is 0. The highest BCUT2D eigenvalue weighted by atomic mass is 16.2. The van der Waals surface area contributed by atoms with E-state index in [0.717, 1.165) is 24.0 Å². The van der Waals surface area contributed by atoms with Gasteiger partial charge < -0.3 is 4.90 Å². The van der Waals surface area contributed by atoms with Crippen LogP contribution in [0.2, 0.25) is 0 Å². The van der Waals surface area contributed by atoms with Gasteiger partial charge in [-0.2, -0.15) is 0 Å². The van der Waals surface area contributed by atoms with E-state index in [4.69, 9.17) is 0 Å². The molecule has 0 radical (unpaired) electrons. The molecule has 1 aromatic heterocycles. The lowest BCUT2D eigenvalue weighted by atomic mass is 10.1. The maximum atomic E-state index is 12.4. The lowest BCUT2D eigenvalue weighted by molar-refractivity contribution is 0.0649. The van der Waals surface area contributed by atoms with Gasteiger partial charge in [0.2, 0.25) is 0 Å². The zero-order valence-corrected chi connectivity index (χ0v) is 15.7. The quantitative estimate of drug-likeness (QED) is 0.599. The summed E-state index contributed by atoms with van der Waals surface area (Å²) < 4.78 is 0. The van der Waals surface area contributed by atoms with E-state index in [1.165, 1.54) is 0 Å². The molecule has 0 aliphatic carbocycles. The first-order chi connectivity index (χ1) is 11.3. The molecule has 1 rings (SSSR count). The number of carbonyl (C=O) groups excluding carboxylic acids is 1. The molecule has 24 heavy (non-hydrogen) atoms. The zero-order valence-electron chi connectivity index (χ0n) is 15.7. The molecule has 0 atom stereocenters. The van der Waals surface area contributed by atoms with Crippen LogP contribution in [0.15, 0.2) is 42.1 Å². The first-order valence-corrected chi connectivity index (χ1v) is 8.38. The van der Waals surface area contributed by atoms with Crippen molar-refractivity contribution in [2.75, 3.05) is 7.05 Å². The molecule has 3 nitrogen and oxygen atoms in total. The second-order valence-corrected chi connectivity index (χ2v) is 6.67. The molecular weight excluding hydrogens is 296 g/mol. The predicted octanol–water partition coefficient (Wildman–Crippen LogP) is 4.61. The molecule has 0 bridgehead atoms. The number of unbranched alkanes of at least 4 members (excludes halogenated alkanes) is 1. The van der Waals surface area contributed by atoms with Gasteiger partial charge >= 0.3 is 0 Å². The zero-order chi connectivity index (χ0) is 18.2. The van der Waals surface area contributed by atoms with Gasteiger partial charge in [0, 0.05) is 29.9 Å². The van der Waals surface area contributed by atoms with Crippen LogP contribution in [0.5, 0.6) is 0 Å². The lowest BCUT2D eigenvalue weighted by Gasteiger charge is -2.31. The summed E-state index contributed by atoms with van der Waals surface area (Å²) in [4.78, 5) is 18.3. The predicted molar refractivity (Wildman–Crippen MR) is 101 cm³/mol. The maximum Gasteiger partial charge on any atom is 0.272 e. The van der Waals surface area contributed by atoms with Gasteiger partial charge in [-0.15, -0.1) is 0 Å². The number of pyridine rings is 1. The Morgan fingerprint density at radius 3 is 2.54 bits per heavy atom. The molecule has 1 amide bonds. The smallest absolute Gasteiger partial charge is 0.272 e. The minimum Gasteiger partial charge on any atom is -0.336 e. The summed E-state index contributed by atoms with van der Waals surface area (Å²) in [7, 11) is 1.79. The second kappa shape index (κ2) is 9.08. The van der Waals surface area contributed by atoms with Gasteiger partial charge in [0.15, 0.2) is 0 Å². The molecule has 128 valence electrons. The van der Waals surface area contributed by atoms with Crippen LogP contribution in [0, 0.1) is 11.8 Å². The average Bonchev–Trinajstić information content (AvgIpc) is 2.55. The SMILES string of the molecule is CC=CC(C#Cc1ccc(C(=O)N(C)C(C)(C)C)nc1)=CCCC. The van der Waals surface area contributed by atoms with Crippen LogP contribution < -0.4 is 0 Å². The number of amides is 1. The van der Waals surface area contributed by atoms with Crippen LogP contribution in [0.3, 0.4) is 0 Å². The van der Waals surface area contributed by atoms with Crippen molar-refractivity contribution in [1.29, 1.82) is 0 Å². The average molecular weight is 324 g/mol. The minimum absolute atomic E-state index is 0.0838. The van der Waals surface area contributed by atoms with Gasteiger partial charge in [0.1, 0.15) is 5.69 Å². The van der Waals surface area contributed by atoms with Gasteiger partial charge in [-0.25, -0.2) is 4.98 Å². The van der Waals surface area contributed by atoms with E-state index in [0.29, 0.717) is 5.69 Å². The van der Waals surface area contributed by atoms with E-state index in [9.17, 15) is 4.79 Å². The Labute approximate surface area is 146 Å². The first kappa shape index (κ1) is 19.7. The van der Waals surface area contributed by atoms with Gasteiger partial charge in [0.05, 0.1) is 0 Å². The van der Waals surface area contributed by atoms with E-state index >= 15 is 0 Å². The van der Waals surface area contributed by atoms with E-state index in [1.807, 2.05) is 45.9 Å². The van der Waals surface area contributed by atoms with Crippen molar-refractivity contribution < 1.29 is 4.79 Å². The molecule has 0 aliphatic rings. The van der Waals surface area contributed by atoms with Gasteiger partial charge in [-0.1, -0.05) is 43.4 Å². The van der Waals surface area contributed by atoms with Crippen LogP contribution in [0.4, 0.5) is 0 Å². The van der Waals surface area contributed by atoms with Crippen LogP contribution >= 0.6 is 0 Å². The van der Waals surface area contributed by atoms with Crippen molar-refractivity contribution in [3.8, 4) is 11.8 Å². The fraction of sp³-hybridized carbons (Fsp3) is 0.429. The van der Waals surface area contributed by atoms with E-state index in [-0.39, 0.29) is 11.4 Å².